The number of aromatic nitrogens is 2. The van der Waals surface area contributed by atoms with Crippen LogP contribution in [0, 0.1) is 0 Å². The second kappa shape index (κ2) is 6.26. The van der Waals surface area contributed by atoms with Crippen molar-refractivity contribution >= 4 is 39.5 Å². The highest BCUT2D eigenvalue weighted by Gasteiger charge is 2.27. The summed E-state index contributed by atoms with van der Waals surface area (Å²) in [6, 6.07) is 0. The van der Waals surface area contributed by atoms with Crippen LogP contribution in [0.1, 0.15) is 0 Å². The lowest BCUT2D eigenvalue weighted by Crippen LogP contribution is -2.14. The molecule has 0 unspecified atom stereocenters. The molecule has 1 rings (SSSR count). The van der Waals surface area contributed by atoms with Gasteiger partial charge in [0.05, 0.1) is 4.47 Å². The van der Waals surface area contributed by atoms with Crippen molar-refractivity contribution in [1.29, 1.82) is 0 Å². The highest BCUT2D eigenvalue weighted by molar-refractivity contribution is 9.10. The first-order chi connectivity index (χ1) is 7.92. The Hall–Kier alpha value is -0.740. The van der Waals surface area contributed by atoms with Crippen LogP contribution in [0.5, 0.6) is 0 Å². The van der Waals surface area contributed by atoms with Crippen LogP contribution < -0.4 is 16.6 Å². The van der Waals surface area contributed by atoms with Gasteiger partial charge in [0.25, 0.3) is 0 Å². The number of hydrogen-bond donors (Lipinski definition) is 3. The standard InChI is InChI=1S/C7H9BrF3N5S/c8-4-3-14-6(16-12)15-5(4)13-1-2-17-7(9,10)11/h3H,1-2,12H2,(H2,13,14,15,16). The molecule has 0 fully saturated rings. The van der Waals surface area contributed by atoms with Gasteiger partial charge in [0.1, 0.15) is 5.82 Å². The van der Waals surface area contributed by atoms with Crippen LogP contribution in [0.25, 0.3) is 0 Å². The highest BCUT2D eigenvalue weighted by Crippen LogP contribution is 2.29. The van der Waals surface area contributed by atoms with Gasteiger partial charge in [0.2, 0.25) is 5.95 Å². The first kappa shape index (κ1) is 14.3. The van der Waals surface area contributed by atoms with E-state index in [-0.39, 0.29) is 30.0 Å². The molecule has 0 atom stereocenters. The molecule has 0 aromatic carbocycles. The van der Waals surface area contributed by atoms with Crippen molar-refractivity contribution < 1.29 is 13.2 Å². The molecule has 0 radical (unpaired) electrons. The van der Waals surface area contributed by atoms with E-state index in [1.165, 1.54) is 6.20 Å². The van der Waals surface area contributed by atoms with Gasteiger partial charge in [0, 0.05) is 18.5 Å². The Balaban J connectivity index is 2.46. The summed E-state index contributed by atoms with van der Waals surface area (Å²) in [5, 5.41) is 2.75. The lowest BCUT2D eigenvalue weighted by Gasteiger charge is -2.09. The third kappa shape index (κ3) is 5.41. The zero-order valence-corrected chi connectivity index (χ0v) is 10.8. The summed E-state index contributed by atoms with van der Waals surface area (Å²) in [7, 11) is 0. The largest absolute Gasteiger partial charge is 0.441 e. The Morgan fingerprint density at radius 1 is 1.47 bits per heavy atom. The number of nitrogen functional groups attached to an aromatic ring is 1. The number of nitrogens with zero attached hydrogens (tertiary/aromatic N) is 2. The Labute approximate surface area is 108 Å². The van der Waals surface area contributed by atoms with Crippen LogP contribution in [0.15, 0.2) is 10.7 Å². The molecular weight excluding hydrogens is 323 g/mol. The number of rotatable bonds is 5. The zero-order chi connectivity index (χ0) is 12.9. The summed E-state index contributed by atoms with van der Waals surface area (Å²) < 4.78 is 36.1. The molecule has 1 heterocycles. The highest BCUT2D eigenvalue weighted by atomic mass is 79.9. The van der Waals surface area contributed by atoms with Crippen molar-refractivity contribution in [2.75, 3.05) is 23.0 Å². The van der Waals surface area contributed by atoms with Crippen LogP contribution in [-0.2, 0) is 0 Å². The average molecular weight is 332 g/mol. The Morgan fingerprint density at radius 3 is 2.76 bits per heavy atom. The maximum atomic E-state index is 11.9. The number of nitrogens with one attached hydrogen (secondary N) is 2. The normalized spacial score (nSPS) is 11.4. The molecule has 0 aliphatic carbocycles. The first-order valence-electron chi connectivity index (χ1n) is 4.36. The lowest BCUT2D eigenvalue weighted by atomic mass is 10.5. The molecule has 10 heteroatoms. The fourth-order valence-corrected chi connectivity index (χ4v) is 1.66. The molecular formula is C7H9BrF3N5S. The predicted molar refractivity (Wildman–Crippen MR) is 64.5 cm³/mol. The third-order valence-corrected chi connectivity index (χ3v) is 2.85. The summed E-state index contributed by atoms with van der Waals surface area (Å²) >= 11 is 3.07. The molecule has 0 aliphatic rings. The van der Waals surface area contributed by atoms with Gasteiger partial charge in [0.15, 0.2) is 0 Å². The van der Waals surface area contributed by atoms with Crippen molar-refractivity contribution in [3.63, 3.8) is 0 Å². The number of nitrogens with two attached hydrogens (primary N) is 1. The van der Waals surface area contributed by atoms with Crippen molar-refractivity contribution in [2.45, 2.75) is 5.51 Å². The molecule has 0 spiro atoms. The van der Waals surface area contributed by atoms with Crippen molar-refractivity contribution in [3.05, 3.63) is 10.7 Å². The van der Waals surface area contributed by atoms with E-state index in [0.717, 1.165) is 0 Å². The van der Waals surface area contributed by atoms with Crippen LogP contribution in [0.3, 0.4) is 0 Å². The quantitative estimate of drug-likeness (QED) is 0.436. The van der Waals surface area contributed by atoms with Crippen LogP contribution in [0.2, 0.25) is 0 Å². The SMILES string of the molecule is NNc1ncc(Br)c(NCCSC(F)(F)F)n1. The Kier molecular flexibility index (Phi) is 5.28. The maximum absolute atomic E-state index is 11.9. The van der Waals surface area contributed by atoms with E-state index in [1.54, 1.807) is 0 Å². The summed E-state index contributed by atoms with van der Waals surface area (Å²) in [6.07, 6.45) is 1.45. The van der Waals surface area contributed by atoms with E-state index in [4.69, 9.17) is 5.84 Å². The molecule has 0 amide bonds. The number of anilines is 2. The van der Waals surface area contributed by atoms with Gasteiger partial charge in [-0.05, 0) is 27.7 Å². The molecule has 0 aliphatic heterocycles. The third-order valence-electron chi connectivity index (χ3n) is 1.53. The Morgan fingerprint density at radius 2 is 2.18 bits per heavy atom. The minimum Gasteiger partial charge on any atom is -0.368 e. The van der Waals surface area contributed by atoms with Gasteiger partial charge < -0.3 is 5.32 Å². The van der Waals surface area contributed by atoms with Gasteiger partial charge in [-0.25, -0.2) is 10.8 Å². The molecule has 4 N–H and O–H groups in total. The van der Waals surface area contributed by atoms with E-state index >= 15 is 0 Å². The molecule has 17 heavy (non-hydrogen) atoms. The molecule has 1 aromatic heterocycles. The van der Waals surface area contributed by atoms with Gasteiger partial charge in [-0.3, -0.25) is 5.43 Å². The summed E-state index contributed by atoms with van der Waals surface area (Å²) in [6.45, 7) is 0.129. The number of hydrogen-bond acceptors (Lipinski definition) is 6. The fourth-order valence-electron chi connectivity index (χ4n) is 0.897. The minimum atomic E-state index is -4.21. The van der Waals surface area contributed by atoms with E-state index in [1.807, 2.05) is 0 Å². The fraction of sp³-hybridized carbons (Fsp3) is 0.429. The van der Waals surface area contributed by atoms with Crippen molar-refractivity contribution in [3.8, 4) is 0 Å². The van der Waals surface area contributed by atoms with Gasteiger partial charge in [-0.2, -0.15) is 18.2 Å². The smallest absolute Gasteiger partial charge is 0.368 e. The van der Waals surface area contributed by atoms with Crippen molar-refractivity contribution in [1.82, 2.24) is 9.97 Å². The summed E-state index contributed by atoms with van der Waals surface area (Å²) in [4.78, 5) is 7.73. The van der Waals surface area contributed by atoms with E-state index in [0.29, 0.717) is 10.3 Å². The zero-order valence-electron chi connectivity index (χ0n) is 8.38. The van der Waals surface area contributed by atoms with Crippen molar-refractivity contribution in [2.24, 2.45) is 5.84 Å². The molecule has 96 valence electrons. The number of thioether (sulfide) groups is 1. The maximum Gasteiger partial charge on any atom is 0.441 e. The number of alkyl halides is 3. The summed E-state index contributed by atoms with van der Waals surface area (Å²) in [5.41, 5.74) is -1.97. The second-order valence-corrected chi connectivity index (χ2v) is 4.77. The molecule has 1 aromatic rings. The topological polar surface area (TPSA) is 75.9 Å². The molecule has 5 nitrogen and oxygen atoms in total. The van der Waals surface area contributed by atoms with E-state index < -0.39 is 5.51 Å². The molecule has 0 saturated heterocycles. The monoisotopic (exact) mass is 331 g/mol. The summed E-state index contributed by atoms with van der Waals surface area (Å²) in [5.74, 6) is 5.57. The van der Waals surface area contributed by atoms with Crippen LogP contribution >= 0.6 is 27.7 Å². The van der Waals surface area contributed by atoms with Gasteiger partial charge in [-0.15, -0.1) is 0 Å². The van der Waals surface area contributed by atoms with Gasteiger partial charge >= 0.3 is 5.51 Å². The average Bonchev–Trinajstić information content (AvgIpc) is 2.25. The predicted octanol–water partition coefficient (Wildman–Crippen LogP) is 2.19. The Bertz CT molecular complexity index is 375. The van der Waals surface area contributed by atoms with E-state index in [2.05, 4.69) is 36.6 Å². The molecule has 0 bridgehead atoms. The lowest BCUT2D eigenvalue weighted by molar-refractivity contribution is -0.0327. The van der Waals surface area contributed by atoms with E-state index in [9.17, 15) is 13.2 Å². The van der Waals surface area contributed by atoms with Crippen LogP contribution in [0.4, 0.5) is 24.9 Å². The number of halogens is 4. The second-order valence-electron chi connectivity index (χ2n) is 2.76. The number of hydrazine groups is 1. The molecule has 0 saturated carbocycles. The minimum absolute atomic E-state index is 0.0929. The van der Waals surface area contributed by atoms with Crippen LogP contribution in [-0.4, -0.2) is 27.8 Å². The first-order valence-corrected chi connectivity index (χ1v) is 6.14. The van der Waals surface area contributed by atoms with Gasteiger partial charge in [-0.1, -0.05) is 0 Å².